The lowest BCUT2D eigenvalue weighted by Crippen LogP contribution is -2.49. The number of alkyl halides is 3. The van der Waals surface area contributed by atoms with E-state index in [1.165, 1.54) is 6.07 Å². The molecule has 0 atom stereocenters. The van der Waals surface area contributed by atoms with Crippen LogP contribution in [0.25, 0.3) is 11.1 Å². The highest BCUT2D eigenvalue weighted by Crippen LogP contribution is 2.38. The van der Waals surface area contributed by atoms with Crippen molar-refractivity contribution in [3.8, 4) is 0 Å². The molecule has 3 aromatic rings. The summed E-state index contributed by atoms with van der Waals surface area (Å²) in [5, 5.41) is 14.6. The molecule has 0 bridgehead atoms. The van der Waals surface area contributed by atoms with Crippen molar-refractivity contribution in [1.82, 2.24) is 14.8 Å². The van der Waals surface area contributed by atoms with Gasteiger partial charge in [0.25, 0.3) is 5.69 Å². The van der Waals surface area contributed by atoms with Crippen LogP contribution in [0.5, 0.6) is 0 Å². The van der Waals surface area contributed by atoms with Crippen molar-refractivity contribution in [3.05, 3.63) is 63.0 Å². The van der Waals surface area contributed by atoms with Gasteiger partial charge in [-0.2, -0.15) is 13.2 Å². The van der Waals surface area contributed by atoms with E-state index < -0.39 is 22.4 Å². The van der Waals surface area contributed by atoms with Gasteiger partial charge in [0.05, 0.1) is 17.6 Å². The van der Waals surface area contributed by atoms with Crippen LogP contribution in [0.3, 0.4) is 0 Å². The Balaban J connectivity index is 1.03. The fraction of sp³-hybridized carbons (Fsp3) is 0.481. The number of hydrogen-bond acceptors (Lipinski definition) is 8. The number of rotatable bonds is 8. The second kappa shape index (κ2) is 12.2. The Morgan fingerprint density at radius 1 is 1.12 bits per heavy atom. The number of carbonyl (C=O) groups excluding carboxylic acids is 1. The maximum atomic E-state index is 13.3. The summed E-state index contributed by atoms with van der Waals surface area (Å²) in [5.41, 5.74) is -0.671. The summed E-state index contributed by atoms with van der Waals surface area (Å²) >= 11 is 6.02. The molecule has 1 aliphatic heterocycles. The molecule has 2 aromatic carbocycles. The Hall–Kier alpha value is -3.42. The van der Waals surface area contributed by atoms with Crippen molar-refractivity contribution in [2.45, 2.75) is 50.6 Å². The summed E-state index contributed by atoms with van der Waals surface area (Å²) in [7, 11) is 0. The molecule has 1 saturated heterocycles. The Morgan fingerprint density at radius 3 is 2.54 bits per heavy atom. The normalized spacial score (nSPS) is 20.3. The van der Waals surface area contributed by atoms with E-state index >= 15 is 0 Å². The fourth-order valence-corrected chi connectivity index (χ4v) is 5.43. The molecule has 0 radical (unpaired) electrons. The van der Waals surface area contributed by atoms with Crippen molar-refractivity contribution in [2.24, 2.45) is 0 Å². The van der Waals surface area contributed by atoms with Crippen LogP contribution in [0.15, 0.2) is 40.8 Å². The van der Waals surface area contributed by atoms with Crippen LogP contribution in [0.1, 0.15) is 37.1 Å². The average molecular weight is 596 g/mol. The van der Waals surface area contributed by atoms with Crippen LogP contribution in [0.2, 0.25) is 5.02 Å². The van der Waals surface area contributed by atoms with E-state index in [0.717, 1.165) is 12.1 Å². The first-order chi connectivity index (χ1) is 19.5. The molecule has 0 spiro atoms. The molecule has 2 aliphatic rings. The smallest absolute Gasteiger partial charge is 0.423 e. The standard InChI is InChI=1S/C27H29ClF3N5O5/c28-17-1-8-24-22(13-17)33-25(41-24)15-34-9-11-35(12-10-34)26(37)16-40-20-5-2-18(3-6-20)32-19-4-7-23(36(38)39)21(14-19)27(29,30)31/h1,4,7-8,13-14,18,20,32H,2-3,5-6,9-12,15-16H2/t18-,20-. The molecule has 220 valence electrons. The highest BCUT2D eigenvalue weighted by Gasteiger charge is 2.38. The zero-order valence-electron chi connectivity index (χ0n) is 22.0. The number of halogens is 4. The molecule has 1 amide bonds. The van der Waals surface area contributed by atoms with Crippen LogP contribution in [-0.4, -0.2) is 70.5 Å². The third-order valence-electron chi connectivity index (χ3n) is 7.46. The van der Waals surface area contributed by atoms with Crippen molar-refractivity contribution in [2.75, 3.05) is 38.1 Å². The first-order valence-electron chi connectivity index (χ1n) is 13.3. The van der Waals surface area contributed by atoms with Crippen LogP contribution in [0.4, 0.5) is 24.5 Å². The summed E-state index contributed by atoms with van der Waals surface area (Å²) < 4.78 is 51.5. The molecule has 5 rings (SSSR count). The lowest BCUT2D eigenvalue weighted by atomic mass is 9.92. The van der Waals surface area contributed by atoms with E-state index in [2.05, 4.69) is 15.2 Å². The van der Waals surface area contributed by atoms with Crippen molar-refractivity contribution < 1.29 is 32.0 Å². The average Bonchev–Trinajstić information content (AvgIpc) is 3.33. The number of nitrogens with one attached hydrogen (secondary N) is 1. The van der Waals surface area contributed by atoms with Gasteiger partial charge < -0.3 is 19.4 Å². The molecule has 2 fully saturated rings. The van der Waals surface area contributed by atoms with Crippen LogP contribution < -0.4 is 5.32 Å². The van der Waals surface area contributed by atoms with Gasteiger partial charge in [-0.25, -0.2) is 4.98 Å². The van der Waals surface area contributed by atoms with Crippen molar-refractivity contribution >= 4 is 40.0 Å². The number of hydrogen-bond donors (Lipinski definition) is 1. The van der Waals surface area contributed by atoms with Gasteiger partial charge in [0, 0.05) is 49.0 Å². The number of piperazine rings is 1. The largest absolute Gasteiger partial charge is 0.439 e. The van der Waals surface area contributed by atoms with E-state index in [1.54, 1.807) is 23.1 Å². The number of fused-ring (bicyclic) bond motifs is 1. The summed E-state index contributed by atoms with van der Waals surface area (Å²) in [6.45, 7) is 3.02. The zero-order valence-corrected chi connectivity index (χ0v) is 22.8. The molecule has 1 aliphatic carbocycles. The number of amides is 1. The van der Waals surface area contributed by atoms with Crippen LogP contribution in [0, 0.1) is 10.1 Å². The second-order valence-electron chi connectivity index (χ2n) is 10.3. The minimum absolute atomic E-state index is 0.0219. The number of carbonyl (C=O) groups is 1. The van der Waals surface area contributed by atoms with E-state index in [-0.39, 0.29) is 30.3 Å². The van der Waals surface area contributed by atoms with Gasteiger partial charge in [0.15, 0.2) is 5.58 Å². The summed E-state index contributed by atoms with van der Waals surface area (Å²) in [4.78, 5) is 31.1. The highest BCUT2D eigenvalue weighted by molar-refractivity contribution is 6.31. The van der Waals surface area contributed by atoms with Gasteiger partial charge in [0.2, 0.25) is 11.8 Å². The molecule has 0 unspecified atom stereocenters. The van der Waals surface area contributed by atoms with Gasteiger partial charge in [-0.1, -0.05) is 11.6 Å². The van der Waals surface area contributed by atoms with E-state index in [1.807, 2.05) is 0 Å². The summed E-state index contributed by atoms with van der Waals surface area (Å²) in [6, 6.07) is 8.15. The Kier molecular flexibility index (Phi) is 8.66. The predicted octanol–water partition coefficient (Wildman–Crippen LogP) is 5.49. The van der Waals surface area contributed by atoms with Gasteiger partial charge in [-0.15, -0.1) is 0 Å². The number of nitro groups is 1. The number of benzene rings is 2. The first-order valence-corrected chi connectivity index (χ1v) is 13.7. The van der Waals surface area contributed by atoms with Gasteiger partial charge in [-0.3, -0.25) is 19.8 Å². The van der Waals surface area contributed by atoms with Crippen LogP contribution >= 0.6 is 11.6 Å². The van der Waals surface area contributed by atoms with Gasteiger partial charge in [0.1, 0.15) is 17.7 Å². The minimum atomic E-state index is -4.83. The third kappa shape index (κ3) is 7.27. The number of nitro benzene ring substituents is 1. The minimum Gasteiger partial charge on any atom is -0.439 e. The SMILES string of the molecule is O=C(CO[C@H]1CC[C@H](Nc2ccc([N+](=O)[O-])c(C(F)(F)F)c2)CC1)N1CCN(Cc2nc3cc(Cl)ccc3o2)CC1. The molecule has 1 N–H and O–H groups in total. The molecule has 41 heavy (non-hydrogen) atoms. The lowest BCUT2D eigenvalue weighted by molar-refractivity contribution is -0.388. The zero-order chi connectivity index (χ0) is 29.1. The maximum absolute atomic E-state index is 13.3. The Bertz CT molecular complexity index is 1400. The van der Waals surface area contributed by atoms with E-state index in [0.29, 0.717) is 80.4 Å². The first kappa shape index (κ1) is 29.1. The second-order valence-corrected chi connectivity index (χ2v) is 10.7. The molecular weight excluding hydrogens is 567 g/mol. The molecule has 2 heterocycles. The van der Waals surface area contributed by atoms with Gasteiger partial charge >= 0.3 is 6.18 Å². The fourth-order valence-electron chi connectivity index (χ4n) is 5.26. The van der Waals surface area contributed by atoms with E-state index in [9.17, 15) is 28.1 Å². The van der Waals surface area contributed by atoms with Crippen molar-refractivity contribution in [3.63, 3.8) is 0 Å². The molecular formula is C27H29ClF3N5O5. The lowest BCUT2D eigenvalue weighted by Gasteiger charge is -2.34. The highest BCUT2D eigenvalue weighted by atomic mass is 35.5. The Labute approximate surface area is 238 Å². The number of nitrogens with zero attached hydrogens (tertiary/aromatic N) is 4. The monoisotopic (exact) mass is 595 g/mol. The molecule has 10 nitrogen and oxygen atoms in total. The predicted molar refractivity (Wildman–Crippen MR) is 145 cm³/mol. The molecule has 14 heteroatoms. The number of aromatic nitrogens is 1. The summed E-state index contributed by atoms with van der Waals surface area (Å²) in [6.07, 6.45) is -2.38. The van der Waals surface area contributed by atoms with Crippen LogP contribution in [-0.2, 0) is 22.3 Å². The summed E-state index contributed by atoms with van der Waals surface area (Å²) in [5.74, 6) is 0.525. The molecule has 1 aromatic heterocycles. The third-order valence-corrected chi connectivity index (χ3v) is 7.70. The number of ether oxygens (including phenoxy) is 1. The van der Waals surface area contributed by atoms with E-state index in [4.69, 9.17) is 20.8 Å². The number of anilines is 1. The topological polar surface area (TPSA) is 114 Å². The Morgan fingerprint density at radius 2 is 1.85 bits per heavy atom. The number of oxazole rings is 1. The molecule has 1 saturated carbocycles. The van der Waals surface area contributed by atoms with Gasteiger partial charge in [-0.05, 0) is 56.0 Å². The van der Waals surface area contributed by atoms with Crippen molar-refractivity contribution in [1.29, 1.82) is 0 Å². The maximum Gasteiger partial charge on any atom is 0.423 e. The quantitative estimate of drug-likeness (QED) is 0.269.